The van der Waals surface area contributed by atoms with Gasteiger partial charge in [-0.3, -0.25) is 0 Å². The minimum Gasteiger partial charge on any atom is -0.394 e. The molecule has 0 saturated carbocycles. The topological polar surface area (TPSA) is 61.7 Å². The summed E-state index contributed by atoms with van der Waals surface area (Å²) in [4.78, 5) is 0. The number of hydrogen-bond donors (Lipinski definition) is 1. The van der Waals surface area contributed by atoms with Crippen molar-refractivity contribution >= 4 is 5.69 Å². The molecule has 0 spiro atoms. The molecule has 0 bridgehead atoms. The number of nitrogens with two attached hydrogens (primary N) is 1. The molecule has 0 atom stereocenters. The molecule has 2 rings (SSSR count). The van der Waals surface area contributed by atoms with Gasteiger partial charge in [-0.25, -0.2) is 9.36 Å². The Morgan fingerprint density at radius 3 is 2.47 bits per heavy atom. The fourth-order valence-corrected chi connectivity index (χ4v) is 2.02. The molecule has 17 heavy (non-hydrogen) atoms. The number of aromatic nitrogens is 4. The quantitative estimate of drug-likeness (QED) is 0.881. The molecule has 0 amide bonds. The summed E-state index contributed by atoms with van der Waals surface area (Å²) in [5.74, 6) is 0.884. The van der Waals surface area contributed by atoms with Crippen LogP contribution in [0, 0.1) is 20.8 Å². The van der Waals surface area contributed by atoms with Crippen LogP contribution in [0.3, 0.4) is 0 Å². The monoisotopic (exact) mass is 233 g/mol. The van der Waals surface area contributed by atoms with E-state index in [0.29, 0.717) is 5.69 Å². The van der Waals surface area contributed by atoms with Crippen LogP contribution in [0.2, 0.25) is 0 Å². The molecule has 2 aromatic heterocycles. The Bertz CT molecular complexity index is 535. The maximum atomic E-state index is 6.10. The van der Waals surface area contributed by atoms with Gasteiger partial charge in [0.25, 0.3) is 0 Å². The number of rotatable bonds is 3. The van der Waals surface area contributed by atoms with Gasteiger partial charge in [0.2, 0.25) is 0 Å². The molecule has 0 aromatic carbocycles. The normalized spacial score (nSPS) is 11.1. The standard InChI is InChI=1S/C12H19N5/c1-5-6-16-12(11(13)10(4)15-16)17-9(3)7-8(2)14-17/h7H,5-6,13H2,1-4H3. The number of anilines is 1. The van der Waals surface area contributed by atoms with Gasteiger partial charge in [-0.2, -0.15) is 10.2 Å². The predicted octanol–water partition coefficient (Wildman–Crippen LogP) is 1.99. The van der Waals surface area contributed by atoms with Gasteiger partial charge >= 0.3 is 0 Å². The Balaban J connectivity index is 2.61. The molecule has 0 fully saturated rings. The highest BCUT2D eigenvalue weighted by atomic mass is 15.4. The van der Waals surface area contributed by atoms with Crippen molar-refractivity contribution in [2.24, 2.45) is 0 Å². The minimum atomic E-state index is 0.713. The average molecular weight is 233 g/mol. The summed E-state index contributed by atoms with van der Waals surface area (Å²) in [6.07, 6.45) is 1.02. The summed E-state index contributed by atoms with van der Waals surface area (Å²) < 4.78 is 3.81. The smallest absolute Gasteiger partial charge is 0.175 e. The highest BCUT2D eigenvalue weighted by Gasteiger charge is 2.16. The molecule has 92 valence electrons. The van der Waals surface area contributed by atoms with Crippen LogP contribution in [-0.2, 0) is 6.54 Å². The lowest BCUT2D eigenvalue weighted by Gasteiger charge is -2.08. The Labute approximate surface area is 101 Å². The third kappa shape index (κ3) is 1.92. The number of aryl methyl sites for hydroxylation is 4. The zero-order valence-electron chi connectivity index (χ0n) is 10.9. The summed E-state index contributed by atoms with van der Waals surface area (Å²) in [6, 6.07) is 2.04. The van der Waals surface area contributed by atoms with Crippen LogP contribution < -0.4 is 5.73 Å². The van der Waals surface area contributed by atoms with Gasteiger partial charge in [-0.05, 0) is 33.3 Å². The Kier molecular flexibility index (Phi) is 2.92. The molecular formula is C12H19N5. The fraction of sp³-hybridized carbons (Fsp3) is 0.500. The van der Waals surface area contributed by atoms with Gasteiger partial charge in [0.05, 0.1) is 17.1 Å². The van der Waals surface area contributed by atoms with Crippen LogP contribution in [0.1, 0.15) is 30.4 Å². The van der Waals surface area contributed by atoms with Crippen molar-refractivity contribution in [2.75, 3.05) is 5.73 Å². The van der Waals surface area contributed by atoms with E-state index in [4.69, 9.17) is 5.73 Å². The molecule has 0 aliphatic heterocycles. The highest BCUT2D eigenvalue weighted by Crippen LogP contribution is 2.22. The average Bonchev–Trinajstić information content (AvgIpc) is 2.70. The fourth-order valence-electron chi connectivity index (χ4n) is 2.02. The van der Waals surface area contributed by atoms with Crippen LogP contribution >= 0.6 is 0 Å². The Hall–Kier alpha value is -1.78. The molecule has 0 aliphatic rings. The largest absolute Gasteiger partial charge is 0.394 e. The minimum absolute atomic E-state index is 0.713. The molecule has 0 unspecified atom stereocenters. The third-order valence-electron chi connectivity index (χ3n) is 2.79. The van der Waals surface area contributed by atoms with E-state index < -0.39 is 0 Å². The van der Waals surface area contributed by atoms with Gasteiger partial charge in [-0.1, -0.05) is 6.92 Å². The number of hydrogen-bond acceptors (Lipinski definition) is 3. The molecule has 0 aliphatic carbocycles. The van der Waals surface area contributed by atoms with E-state index in [-0.39, 0.29) is 0 Å². The first kappa shape index (κ1) is 11.7. The molecule has 5 nitrogen and oxygen atoms in total. The Morgan fingerprint density at radius 1 is 1.24 bits per heavy atom. The lowest BCUT2D eigenvalue weighted by Crippen LogP contribution is -2.11. The summed E-state index contributed by atoms with van der Waals surface area (Å²) in [6.45, 7) is 8.91. The second-order valence-corrected chi connectivity index (χ2v) is 4.38. The van der Waals surface area contributed by atoms with Crippen molar-refractivity contribution in [2.45, 2.75) is 40.7 Å². The zero-order chi connectivity index (χ0) is 12.6. The van der Waals surface area contributed by atoms with Crippen molar-refractivity contribution in [1.29, 1.82) is 0 Å². The van der Waals surface area contributed by atoms with Crippen molar-refractivity contribution in [3.8, 4) is 5.82 Å². The molecule has 2 N–H and O–H groups in total. The summed E-state index contributed by atoms with van der Waals surface area (Å²) >= 11 is 0. The van der Waals surface area contributed by atoms with E-state index in [0.717, 1.165) is 35.9 Å². The summed E-state index contributed by atoms with van der Waals surface area (Å²) in [7, 11) is 0. The van der Waals surface area contributed by atoms with Crippen LogP contribution in [-0.4, -0.2) is 19.6 Å². The van der Waals surface area contributed by atoms with E-state index in [2.05, 4.69) is 17.1 Å². The van der Waals surface area contributed by atoms with Crippen molar-refractivity contribution in [1.82, 2.24) is 19.6 Å². The van der Waals surface area contributed by atoms with Crippen molar-refractivity contribution < 1.29 is 0 Å². The van der Waals surface area contributed by atoms with Gasteiger partial charge < -0.3 is 5.73 Å². The number of nitrogen functional groups attached to an aromatic ring is 1. The molecule has 0 radical (unpaired) electrons. The van der Waals surface area contributed by atoms with Gasteiger partial charge in [-0.15, -0.1) is 0 Å². The summed E-state index contributed by atoms with van der Waals surface area (Å²) in [5, 5.41) is 8.93. The van der Waals surface area contributed by atoms with Crippen molar-refractivity contribution in [3.05, 3.63) is 23.1 Å². The van der Waals surface area contributed by atoms with Crippen LogP contribution in [0.4, 0.5) is 5.69 Å². The molecular weight excluding hydrogens is 214 g/mol. The van der Waals surface area contributed by atoms with Gasteiger partial charge in [0.15, 0.2) is 5.82 Å². The van der Waals surface area contributed by atoms with E-state index in [1.54, 1.807) is 0 Å². The van der Waals surface area contributed by atoms with Crippen LogP contribution in [0.5, 0.6) is 0 Å². The SMILES string of the molecule is CCCn1nc(C)c(N)c1-n1nc(C)cc1C. The second kappa shape index (κ2) is 4.24. The van der Waals surface area contributed by atoms with Gasteiger partial charge in [0.1, 0.15) is 0 Å². The molecule has 2 heterocycles. The van der Waals surface area contributed by atoms with Gasteiger partial charge in [0, 0.05) is 12.2 Å². The van der Waals surface area contributed by atoms with E-state index in [1.807, 2.05) is 36.2 Å². The molecule has 5 heteroatoms. The molecule has 2 aromatic rings. The van der Waals surface area contributed by atoms with Crippen LogP contribution in [0.25, 0.3) is 5.82 Å². The first-order valence-electron chi connectivity index (χ1n) is 5.91. The number of nitrogens with zero attached hydrogens (tertiary/aromatic N) is 4. The maximum Gasteiger partial charge on any atom is 0.175 e. The summed E-state index contributed by atoms with van der Waals surface area (Å²) in [5.41, 5.74) is 9.74. The van der Waals surface area contributed by atoms with E-state index in [9.17, 15) is 0 Å². The maximum absolute atomic E-state index is 6.10. The molecule has 0 saturated heterocycles. The van der Waals surface area contributed by atoms with E-state index >= 15 is 0 Å². The predicted molar refractivity (Wildman–Crippen MR) is 68.3 cm³/mol. The highest BCUT2D eigenvalue weighted by molar-refractivity contribution is 5.57. The van der Waals surface area contributed by atoms with Crippen molar-refractivity contribution in [3.63, 3.8) is 0 Å². The Morgan fingerprint density at radius 2 is 1.94 bits per heavy atom. The first-order chi connectivity index (χ1) is 8.04. The lowest BCUT2D eigenvalue weighted by molar-refractivity contribution is 0.571. The van der Waals surface area contributed by atoms with E-state index in [1.165, 1.54) is 0 Å². The zero-order valence-corrected chi connectivity index (χ0v) is 10.9. The third-order valence-corrected chi connectivity index (χ3v) is 2.79. The van der Waals surface area contributed by atoms with Crippen LogP contribution in [0.15, 0.2) is 6.07 Å². The first-order valence-corrected chi connectivity index (χ1v) is 5.91. The lowest BCUT2D eigenvalue weighted by atomic mass is 10.3. The second-order valence-electron chi connectivity index (χ2n) is 4.38.